The second kappa shape index (κ2) is 15.1. The van der Waals surface area contributed by atoms with Crippen LogP contribution in [0.3, 0.4) is 0 Å². The molecule has 252 valence electrons. The molecule has 2 heterocycles. The van der Waals surface area contributed by atoms with Crippen LogP contribution in [0.15, 0.2) is 93.7 Å². The number of rotatable bonds is 10. The van der Waals surface area contributed by atoms with Crippen LogP contribution in [-0.2, 0) is 17.2 Å². The third kappa shape index (κ3) is 7.59. The van der Waals surface area contributed by atoms with E-state index in [1.807, 2.05) is 75.4 Å². The molecule has 1 aromatic heterocycles. The molecular formula is C36H31BrCl3N5O3S. The predicted octanol–water partition coefficient (Wildman–Crippen LogP) is 10.4. The minimum absolute atomic E-state index is 0.113. The number of aromatic nitrogens is 3. The third-order valence-corrected chi connectivity index (χ3v) is 10.6. The number of carbonyl (C=O) groups excluding carboxylic acids is 1. The van der Waals surface area contributed by atoms with Gasteiger partial charge in [-0.25, -0.2) is 4.68 Å². The van der Waals surface area contributed by atoms with Crippen LogP contribution < -0.4 is 20.1 Å². The first-order valence-corrected chi connectivity index (χ1v) is 18.1. The van der Waals surface area contributed by atoms with Gasteiger partial charge < -0.3 is 20.1 Å². The molecule has 4 aromatic carbocycles. The monoisotopic (exact) mass is 797 g/mol. The predicted molar refractivity (Wildman–Crippen MR) is 202 cm³/mol. The van der Waals surface area contributed by atoms with Gasteiger partial charge in [0.25, 0.3) is 5.91 Å². The van der Waals surface area contributed by atoms with Crippen LogP contribution >= 0.6 is 62.5 Å². The van der Waals surface area contributed by atoms with Gasteiger partial charge in [-0.15, -0.1) is 5.10 Å². The highest BCUT2D eigenvalue weighted by molar-refractivity contribution is 9.10. The lowest BCUT2D eigenvalue weighted by atomic mass is 9.94. The number of carbonyl (C=O) groups is 1. The number of hydrogen-bond acceptors (Lipinski definition) is 7. The number of nitrogens with one attached hydrogen (secondary N) is 2. The number of methoxy groups -OCH3 is 1. The summed E-state index contributed by atoms with van der Waals surface area (Å²) < 4.78 is 14.4. The lowest BCUT2D eigenvalue weighted by molar-refractivity contribution is -0.113. The maximum atomic E-state index is 14.2. The zero-order valence-electron chi connectivity index (χ0n) is 26.9. The summed E-state index contributed by atoms with van der Waals surface area (Å²) in [5.41, 5.74) is 6.22. The van der Waals surface area contributed by atoms with Crippen molar-refractivity contribution in [1.82, 2.24) is 14.8 Å². The zero-order chi connectivity index (χ0) is 34.8. The number of halogens is 4. The molecule has 0 fully saturated rings. The zero-order valence-corrected chi connectivity index (χ0v) is 31.6. The fourth-order valence-electron chi connectivity index (χ4n) is 5.55. The average Bonchev–Trinajstić information content (AvgIpc) is 3.47. The molecule has 49 heavy (non-hydrogen) atoms. The van der Waals surface area contributed by atoms with Crippen molar-refractivity contribution in [3.05, 3.63) is 131 Å². The molecule has 2 N–H and O–H groups in total. The Bertz CT molecular complexity index is 2080. The minimum atomic E-state index is -0.679. The van der Waals surface area contributed by atoms with Crippen LogP contribution in [0.4, 0.5) is 11.6 Å². The number of benzene rings is 4. The molecule has 0 spiro atoms. The third-order valence-electron chi connectivity index (χ3n) is 8.01. The van der Waals surface area contributed by atoms with Crippen LogP contribution in [0.2, 0.25) is 15.1 Å². The van der Waals surface area contributed by atoms with E-state index in [-0.39, 0.29) is 12.5 Å². The highest BCUT2D eigenvalue weighted by atomic mass is 79.9. The molecular weight excluding hydrogens is 769 g/mol. The van der Waals surface area contributed by atoms with Gasteiger partial charge in [0.2, 0.25) is 11.1 Å². The highest BCUT2D eigenvalue weighted by Crippen LogP contribution is 2.44. The van der Waals surface area contributed by atoms with Crippen molar-refractivity contribution in [2.45, 2.75) is 44.3 Å². The van der Waals surface area contributed by atoms with Crippen LogP contribution in [0, 0.1) is 13.8 Å². The minimum Gasteiger partial charge on any atom is -0.493 e. The number of allylic oxidation sites excluding steroid dienone is 1. The van der Waals surface area contributed by atoms with E-state index in [9.17, 15) is 4.79 Å². The molecule has 1 aliphatic heterocycles. The Labute approximate surface area is 312 Å². The SMILES string of the molecule is COc1cc(C2C(C(=O)Nc3ccc(C)cc3C)=C(C)Nc3nc(SCc4ccccc4Cl)nn32)cc(Br)c1OCc1c(Cl)cccc1Cl. The van der Waals surface area contributed by atoms with E-state index in [4.69, 9.17) is 54.4 Å². The van der Waals surface area contributed by atoms with Crippen LogP contribution in [0.1, 0.15) is 40.8 Å². The summed E-state index contributed by atoms with van der Waals surface area (Å²) in [4.78, 5) is 19.0. The summed E-state index contributed by atoms with van der Waals surface area (Å²) in [6.07, 6.45) is 0. The van der Waals surface area contributed by atoms with Crippen molar-refractivity contribution in [2.24, 2.45) is 0 Å². The summed E-state index contributed by atoms with van der Waals surface area (Å²) in [6.45, 7) is 5.95. The fraction of sp³-hybridized carbons (Fsp3) is 0.194. The normalized spacial score (nSPS) is 13.9. The Hall–Kier alpha value is -3.67. The first-order valence-electron chi connectivity index (χ1n) is 15.2. The van der Waals surface area contributed by atoms with Crippen molar-refractivity contribution < 1.29 is 14.3 Å². The number of aryl methyl sites for hydroxylation is 2. The molecule has 0 saturated carbocycles. The molecule has 1 aliphatic rings. The smallest absolute Gasteiger partial charge is 0.255 e. The summed E-state index contributed by atoms with van der Waals surface area (Å²) in [6, 6.07) is 21.9. The number of ether oxygens (including phenoxy) is 2. The van der Waals surface area contributed by atoms with Gasteiger partial charge in [0.05, 0.1) is 17.2 Å². The number of thioether (sulfide) groups is 1. The first kappa shape index (κ1) is 35.2. The van der Waals surface area contributed by atoms with Crippen molar-refractivity contribution in [1.29, 1.82) is 0 Å². The molecule has 0 radical (unpaired) electrons. The molecule has 6 rings (SSSR count). The molecule has 13 heteroatoms. The Morgan fingerprint density at radius 3 is 2.45 bits per heavy atom. The lowest BCUT2D eigenvalue weighted by Gasteiger charge is -2.29. The second-order valence-corrected chi connectivity index (χ2v) is 14.4. The van der Waals surface area contributed by atoms with E-state index in [2.05, 4.69) is 26.6 Å². The van der Waals surface area contributed by atoms with E-state index in [0.29, 0.717) is 70.3 Å². The molecule has 5 aromatic rings. The van der Waals surface area contributed by atoms with Gasteiger partial charge in [0.1, 0.15) is 12.6 Å². The van der Waals surface area contributed by atoms with Gasteiger partial charge in [-0.05, 0) is 89.8 Å². The second-order valence-electron chi connectivity index (χ2n) is 11.4. The van der Waals surface area contributed by atoms with E-state index in [1.54, 1.807) is 30.0 Å². The summed E-state index contributed by atoms with van der Waals surface area (Å²) in [5.74, 6) is 1.68. The maximum Gasteiger partial charge on any atom is 0.255 e. The number of amides is 1. The van der Waals surface area contributed by atoms with Gasteiger partial charge in [0.15, 0.2) is 11.5 Å². The van der Waals surface area contributed by atoms with Crippen molar-refractivity contribution >= 4 is 80.0 Å². The molecule has 1 atom stereocenters. The molecule has 8 nitrogen and oxygen atoms in total. The standard InChI is InChI=1S/C36H31BrCl3N5O3S/c1-19-12-13-29(20(2)14-19)42-34(46)31-21(3)41-35-43-36(49-18-22-8-5-6-9-26(22)38)44-45(35)32(31)23-15-25(37)33(30(16-23)47-4)48-17-24-27(39)10-7-11-28(24)40/h5-16,32H,17-18H2,1-4H3,(H,42,46)(H,41,43,44). The van der Waals surface area contributed by atoms with Crippen molar-refractivity contribution in [3.8, 4) is 11.5 Å². The fourth-order valence-corrected chi connectivity index (χ4v) is 7.74. The maximum absolute atomic E-state index is 14.2. The quantitative estimate of drug-likeness (QED) is 0.136. The van der Waals surface area contributed by atoms with E-state index in [1.165, 1.54) is 11.8 Å². The largest absolute Gasteiger partial charge is 0.493 e. The first-order chi connectivity index (χ1) is 23.5. The number of hydrogen-bond donors (Lipinski definition) is 2. The van der Waals surface area contributed by atoms with E-state index < -0.39 is 6.04 Å². The molecule has 0 saturated heterocycles. The Kier molecular flexibility index (Phi) is 10.8. The van der Waals surface area contributed by atoms with Crippen LogP contribution in [0.5, 0.6) is 11.5 Å². The van der Waals surface area contributed by atoms with Gasteiger partial charge in [-0.3, -0.25) is 4.79 Å². The number of fused-ring (bicyclic) bond motifs is 1. The van der Waals surface area contributed by atoms with Gasteiger partial charge in [0, 0.05) is 37.8 Å². The van der Waals surface area contributed by atoms with Gasteiger partial charge in [-0.2, -0.15) is 4.98 Å². The molecule has 1 unspecified atom stereocenters. The Balaban J connectivity index is 1.39. The topological polar surface area (TPSA) is 90.3 Å². The summed E-state index contributed by atoms with van der Waals surface area (Å²) in [7, 11) is 1.56. The average molecular weight is 800 g/mol. The highest BCUT2D eigenvalue weighted by Gasteiger charge is 2.36. The van der Waals surface area contributed by atoms with Gasteiger partial charge in [-0.1, -0.05) is 88.5 Å². The van der Waals surface area contributed by atoms with Crippen molar-refractivity contribution in [3.63, 3.8) is 0 Å². The number of anilines is 2. The molecule has 1 amide bonds. The Morgan fingerprint density at radius 2 is 1.73 bits per heavy atom. The lowest BCUT2D eigenvalue weighted by Crippen LogP contribution is -2.31. The summed E-state index contributed by atoms with van der Waals surface area (Å²) >= 11 is 24.4. The van der Waals surface area contributed by atoms with Crippen LogP contribution in [-0.4, -0.2) is 27.8 Å². The van der Waals surface area contributed by atoms with Gasteiger partial charge >= 0.3 is 0 Å². The van der Waals surface area contributed by atoms with E-state index in [0.717, 1.165) is 22.4 Å². The van der Waals surface area contributed by atoms with Crippen molar-refractivity contribution in [2.75, 3.05) is 17.7 Å². The van der Waals surface area contributed by atoms with Crippen LogP contribution in [0.25, 0.3) is 0 Å². The molecule has 0 bridgehead atoms. The number of nitrogens with zero attached hydrogens (tertiary/aromatic N) is 3. The summed E-state index contributed by atoms with van der Waals surface area (Å²) in [5, 5.41) is 13.5. The Morgan fingerprint density at radius 1 is 1.00 bits per heavy atom. The van der Waals surface area contributed by atoms with E-state index >= 15 is 0 Å². The molecule has 0 aliphatic carbocycles.